The molecule has 0 radical (unpaired) electrons. The minimum Gasteiger partial charge on any atom is -0.484 e. The van der Waals surface area contributed by atoms with Gasteiger partial charge in [0.15, 0.2) is 6.61 Å². The van der Waals surface area contributed by atoms with Crippen LogP contribution in [-0.2, 0) is 9.59 Å². The number of carboxylic acids is 1. The standard InChI is InChI=1S/C15H18FNO4/c1-10-6-7-17(13(8-10)15(19)20)14(18)9-21-12-4-2-11(16)3-5-12/h2-5,10,13H,6-9H2,1H3,(H,19,20). The van der Waals surface area contributed by atoms with Crippen LogP contribution in [0.4, 0.5) is 4.39 Å². The van der Waals surface area contributed by atoms with Crippen LogP contribution in [-0.4, -0.2) is 41.1 Å². The van der Waals surface area contributed by atoms with Crippen LogP contribution in [0.5, 0.6) is 5.75 Å². The second-order valence-electron chi connectivity index (χ2n) is 5.31. The lowest BCUT2D eigenvalue weighted by Gasteiger charge is -2.35. The fourth-order valence-corrected chi connectivity index (χ4v) is 2.43. The van der Waals surface area contributed by atoms with Crippen molar-refractivity contribution in [2.75, 3.05) is 13.2 Å². The molecule has 0 aliphatic carbocycles. The summed E-state index contributed by atoms with van der Waals surface area (Å²) in [7, 11) is 0. The van der Waals surface area contributed by atoms with E-state index >= 15 is 0 Å². The molecule has 2 atom stereocenters. The molecule has 0 aromatic heterocycles. The number of likely N-dealkylation sites (tertiary alicyclic amines) is 1. The Hall–Kier alpha value is -2.11. The van der Waals surface area contributed by atoms with E-state index in [0.717, 1.165) is 6.42 Å². The summed E-state index contributed by atoms with van der Waals surface area (Å²) in [5, 5.41) is 9.21. The van der Waals surface area contributed by atoms with Crippen molar-refractivity contribution in [2.45, 2.75) is 25.8 Å². The van der Waals surface area contributed by atoms with Crippen LogP contribution < -0.4 is 4.74 Å². The molecule has 6 heteroatoms. The van der Waals surface area contributed by atoms with E-state index in [2.05, 4.69) is 0 Å². The number of aliphatic carboxylic acids is 1. The Labute approximate surface area is 122 Å². The fourth-order valence-electron chi connectivity index (χ4n) is 2.43. The number of benzene rings is 1. The van der Waals surface area contributed by atoms with Crippen molar-refractivity contribution in [1.29, 1.82) is 0 Å². The lowest BCUT2D eigenvalue weighted by molar-refractivity contribution is -0.153. The molecule has 1 aliphatic heterocycles. The van der Waals surface area contributed by atoms with Gasteiger partial charge in [0.05, 0.1) is 0 Å². The highest BCUT2D eigenvalue weighted by atomic mass is 19.1. The van der Waals surface area contributed by atoms with E-state index in [1.807, 2.05) is 6.92 Å². The predicted octanol–water partition coefficient (Wildman–Crippen LogP) is 1.92. The third-order valence-electron chi connectivity index (χ3n) is 3.65. The van der Waals surface area contributed by atoms with Gasteiger partial charge in [-0.25, -0.2) is 9.18 Å². The number of hydrogen-bond acceptors (Lipinski definition) is 3. The Bertz CT molecular complexity index is 517. The molecule has 1 aliphatic rings. The first-order chi connectivity index (χ1) is 9.97. The molecule has 2 unspecified atom stereocenters. The smallest absolute Gasteiger partial charge is 0.326 e. The maximum atomic E-state index is 12.8. The predicted molar refractivity (Wildman–Crippen MR) is 73.4 cm³/mol. The monoisotopic (exact) mass is 295 g/mol. The van der Waals surface area contributed by atoms with Gasteiger partial charge >= 0.3 is 5.97 Å². The van der Waals surface area contributed by atoms with Crippen LogP contribution in [0.15, 0.2) is 24.3 Å². The Morgan fingerprint density at radius 2 is 2.05 bits per heavy atom. The van der Waals surface area contributed by atoms with E-state index in [1.165, 1.54) is 29.2 Å². The highest BCUT2D eigenvalue weighted by Gasteiger charge is 2.34. The number of nitrogens with zero attached hydrogens (tertiary/aromatic N) is 1. The van der Waals surface area contributed by atoms with E-state index < -0.39 is 12.0 Å². The molecule has 1 N–H and O–H groups in total. The van der Waals surface area contributed by atoms with Crippen LogP contribution in [0.1, 0.15) is 19.8 Å². The van der Waals surface area contributed by atoms with Gasteiger partial charge in [0.25, 0.3) is 5.91 Å². The number of carboxylic acid groups (broad SMARTS) is 1. The summed E-state index contributed by atoms with van der Waals surface area (Å²) < 4.78 is 18.0. The number of ether oxygens (including phenoxy) is 1. The van der Waals surface area contributed by atoms with Gasteiger partial charge in [0.1, 0.15) is 17.6 Å². The number of amides is 1. The number of rotatable bonds is 4. The molecule has 0 spiro atoms. The molecule has 1 saturated heterocycles. The summed E-state index contributed by atoms with van der Waals surface area (Å²) in [5.41, 5.74) is 0. The number of halogens is 1. The first-order valence-electron chi connectivity index (χ1n) is 6.88. The van der Waals surface area contributed by atoms with Crippen molar-refractivity contribution in [3.8, 4) is 5.75 Å². The van der Waals surface area contributed by atoms with Gasteiger partial charge in [-0.05, 0) is 43.0 Å². The van der Waals surface area contributed by atoms with Crippen molar-refractivity contribution in [3.63, 3.8) is 0 Å². The fraction of sp³-hybridized carbons (Fsp3) is 0.467. The normalized spacial score (nSPS) is 21.9. The number of carbonyl (C=O) groups is 2. The third-order valence-corrected chi connectivity index (χ3v) is 3.65. The summed E-state index contributed by atoms with van der Waals surface area (Å²) in [6, 6.07) is 4.54. The summed E-state index contributed by atoms with van der Waals surface area (Å²) >= 11 is 0. The largest absolute Gasteiger partial charge is 0.484 e. The molecule has 1 amide bonds. The number of piperidine rings is 1. The molecular weight excluding hydrogens is 277 g/mol. The first-order valence-corrected chi connectivity index (χ1v) is 6.88. The minimum atomic E-state index is -0.989. The third kappa shape index (κ3) is 3.93. The van der Waals surface area contributed by atoms with Crippen LogP contribution in [0.3, 0.4) is 0 Å². The second-order valence-corrected chi connectivity index (χ2v) is 5.31. The maximum absolute atomic E-state index is 12.8. The lowest BCUT2D eigenvalue weighted by Crippen LogP contribution is -2.51. The highest BCUT2D eigenvalue weighted by molar-refractivity contribution is 5.84. The Kier molecular flexibility index (Phi) is 4.77. The summed E-state index contributed by atoms with van der Waals surface area (Å²) in [4.78, 5) is 24.7. The van der Waals surface area contributed by atoms with Crippen molar-refractivity contribution < 1.29 is 23.8 Å². The van der Waals surface area contributed by atoms with Gasteiger partial charge in [-0.2, -0.15) is 0 Å². The van der Waals surface area contributed by atoms with Gasteiger partial charge < -0.3 is 14.7 Å². The highest BCUT2D eigenvalue weighted by Crippen LogP contribution is 2.23. The van der Waals surface area contributed by atoms with Crippen molar-refractivity contribution in [2.24, 2.45) is 5.92 Å². The second kappa shape index (κ2) is 6.56. The van der Waals surface area contributed by atoms with E-state index in [9.17, 15) is 19.1 Å². The molecule has 0 saturated carbocycles. The average Bonchev–Trinajstić information content (AvgIpc) is 2.46. The molecule has 2 rings (SSSR count). The van der Waals surface area contributed by atoms with E-state index in [1.54, 1.807) is 0 Å². The Balaban J connectivity index is 1.95. The molecule has 1 aromatic carbocycles. The number of hydrogen-bond donors (Lipinski definition) is 1. The van der Waals surface area contributed by atoms with Crippen LogP contribution in [0, 0.1) is 11.7 Å². The van der Waals surface area contributed by atoms with Crippen LogP contribution in [0.25, 0.3) is 0 Å². The van der Waals surface area contributed by atoms with Gasteiger partial charge in [-0.3, -0.25) is 4.79 Å². The van der Waals surface area contributed by atoms with Crippen molar-refractivity contribution >= 4 is 11.9 Å². The van der Waals surface area contributed by atoms with E-state index in [0.29, 0.717) is 18.7 Å². The molecule has 1 heterocycles. The average molecular weight is 295 g/mol. The van der Waals surface area contributed by atoms with Gasteiger partial charge in [-0.15, -0.1) is 0 Å². The van der Waals surface area contributed by atoms with Gasteiger partial charge in [0.2, 0.25) is 0 Å². The first kappa shape index (κ1) is 15.3. The van der Waals surface area contributed by atoms with E-state index in [4.69, 9.17) is 4.74 Å². The summed E-state index contributed by atoms with van der Waals surface area (Å²) in [6.45, 7) is 2.15. The lowest BCUT2D eigenvalue weighted by atomic mass is 9.92. The van der Waals surface area contributed by atoms with E-state index in [-0.39, 0.29) is 24.2 Å². The van der Waals surface area contributed by atoms with Crippen molar-refractivity contribution in [3.05, 3.63) is 30.1 Å². The SMILES string of the molecule is CC1CCN(C(=O)COc2ccc(F)cc2)C(C(=O)O)C1. The quantitative estimate of drug-likeness (QED) is 0.921. The zero-order valence-corrected chi connectivity index (χ0v) is 11.8. The molecule has 5 nitrogen and oxygen atoms in total. The molecular formula is C15H18FNO4. The van der Waals surface area contributed by atoms with Crippen LogP contribution in [0.2, 0.25) is 0 Å². The zero-order chi connectivity index (χ0) is 15.4. The summed E-state index contributed by atoms with van der Waals surface area (Å²) in [5.74, 6) is -1.07. The molecule has 1 fully saturated rings. The van der Waals surface area contributed by atoms with Gasteiger partial charge in [0, 0.05) is 6.54 Å². The molecule has 1 aromatic rings. The number of carbonyl (C=O) groups excluding carboxylic acids is 1. The van der Waals surface area contributed by atoms with Gasteiger partial charge in [-0.1, -0.05) is 6.92 Å². The summed E-state index contributed by atoms with van der Waals surface area (Å²) in [6.07, 6.45) is 1.24. The Morgan fingerprint density at radius 1 is 1.38 bits per heavy atom. The zero-order valence-electron chi connectivity index (χ0n) is 11.8. The molecule has 0 bridgehead atoms. The van der Waals surface area contributed by atoms with Crippen LogP contribution >= 0.6 is 0 Å². The topological polar surface area (TPSA) is 66.8 Å². The molecule has 114 valence electrons. The minimum absolute atomic E-state index is 0.246. The Morgan fingerprint density at radius 3 is 2.67 bits per heavy atom. The molecule has 21 heavy (non-hydrogen) atoms. The van der Waals surface area contributed by atoms with Crippen molar-refractivity contribution in [1.82, 2.24) is 4.90 Å². The maximum Gasteiger partial charge on any atom is 0.326 e.